The standard InChI is InChI=1S/C14H19N3O/c1-3-10(4-2)9-18-14-13(15)16-11-7-5-6-8-12(11)17-14/h5-8,10H,3-4,9H2,1-2H3,(H2,15,16). The Morgan fingerprint density at radius 2 is 1.72 bits per heavy atom. The number of para-hydroxylation sites is 2. The van der Waals surface area contributed by atoms with Gasteiger partial charge in [-0.3, -0.25) is 0 Å². The second-order valence-corrected chi connectivity index (χ2v) is 4.40. The smallest absolute Gasteiger partial charge is 0.257 e. The lowest BCUT2D eigenvalue weighted by Gasteiger charge is -2.14. The molecule has 0 saturated carbocycles. The molecule has 96 valence electrons. The zero-order valence-electron chi connectivity index (χ0n) is 10.9. The summed E-state index contributed by atoms with van der Waals surface area (Å²) in [6, 6.07) is 7.65. The van der Waals surface area contributed by atoms with Crippen molar-refractivity contribution < 1.29 is 4.74 Å². The Balaban J connectivity index is 2.20. The van der Waals surface area contributed by atoms with Gasteiger partial charge in [0.15, 0.2) is 5.82 Å². The van der Waals surface area contributed by atoms with Crippen LogP contribution in [0.2, 0.25) is 0 Å². The second-order valence-electron chi connectivity index (χ2n) is 4.40. The van der Waals surface area contributed by atoms with Crippen LogP contribution >= 0.6 is 0 Å². The largest absolute Gasteiger partial charge is 0.475 e. The molecule has 2 rings (SSSR count). The Morgan fingerprint density at radius 1 is 1.11 bits per heavy atom. The molecule has 1 aromatic heterocycles. The molecule has 0 fully saturated rings. The summed E-state index contributed by atoms with van der Waals surface area (Å²) < 4.78 is 5.69. The highest BCUT2D eigenvalue weighted by Crippen LogP contribution is 2.21. The summed E-state index contributed by atoms with van der Waals surface area (Å²) in [6.45, 7) is 4.96. The lowest BCUT2D eigenvalue weighted by atomic mass is 10.1. The molecule has 1 heterocycles. The first-order chi connectivity index (χ1) is 8.74. The summed E-state index contributed by atoms with van der Waals surface area (Å²) in [4.78, 5) is 8.70. The molecule has 0 atom stereocenters. The molecule has 0 aliphatic heterocycles. The van der Waals surface area contributed by atoms with Gasteiger partial charge in [-0.25, -0.2) is 9.97 Å². The van der Waals surface area contributed by atoms with E-state index >= 15 is 0 Å². The van der Waals surface area contributed by atoms with Crippen molar-refractivity contribution >= 4 is 16.9 Å². The number of ether oxygens (including phenoxy) is 1. The molecule has 2 N–H and O–H groups in total. The van der Waals surface area contributed by atoms with Gasteiger partial charge in [0, 0.05) is 0 Å². The van der Waals surface area contributed by atoms with E-state index in [1.54, 1.807) is 0 Å². The zero-order valence-corrected chi connectivity index (χ0v) is 10.9. The lowest BCUT2D eigenvalue weighted by Crippen LogP contribution is -2.12. The molecule has 18 heavy (non-hydrogen) atoms. The maximum absolute atomic E-state index is 5.86. The van der Waals surface area contributed by atoms with Gasteiger partial charge in [0.1, 0.15) is 0 Å². The summed E-state index contributed by atoms with van der Waals surface area (Å²) >= 11 is 0. The Kier molecular flexibility index (Phi) is 3.97. The third kappa shape index (κ3) is 2.70. The van der Waals surface area contributed by atoms with Crippen LogP contribution < -0.4 is 10.5 Å². The number of hydrogen-bond acceptors (Lipinski definition) is 4. The summed E-state index contributed by atoms with van der Waals surface area (Å²) in [5.41, 5.74) is 7.46. The molecule has 0 spiro atoms. The van der Waals surface area contributed by atoms with Crippen molar-refractivity contribution in [1.29, 1.82) is 0 Å². The van der Waals surface area contributed by atoms with Crippen LogP contribution in [0.25, 0.3) is 11.0 Å². The first-order valence-electron chi connectivity index (χ1n) is 6.39. The van der Waals surface area contributed by atoms with Crippen molar-refractivity contribution in [3.8, 4) is 5.88 Å². The van der Waals surface area contributed by atoms with E-state index in [-0.39, 0.29) is 0 Å². The first-order valence-corrected chi connectivity index (χ1v) is 6.39. The molecule has 0 aliphatic carbocycles. The summed E-state index contributed by atoms with van der Waals surface area (Å²) in [6.07, 6.45) is 2.19. The minimum Gasteiger partial charge on any atom is -0.475 e. The molecule has 4 heteroatoms. The Morgan fingerprint density at radius 3 is 2.33 bits per heavy atom. The fourth-order valence-electron chi connectivity index (χ4n) is 1.82. The maximum atomic E-state index is 5.86. The number of fused-ring (bicyclic) bond motifs is 1. The number of hydrogen-bond donors (Lipinski definition) is 1. The van der Waals surface area contributed by atoms with Gasteiger partial charge >= 0.3 is 0 Å². The fourth-order valence-corrected chi connectivity index (χ4v) is 1.82. The summed E-state index contributed by atoms with van der Waals surface area (Å²) in [5, 5.41) is 0. The third-order valence-electron chi connectivity index (χ3n) is 3.17. The number of nitrogens with two attached hydrogens (primary N) is 1. The topological polar surface area (TPSA) is 61.0 Å². The molecular weight excluding hydrogens is 226 g/mol. The molecule has 1 aromatic carbocycles. The van der Waals surface area contributed by atoms with Gasteiger partial charge in [-0.2, -0.15) is 0 Å². The predicted octanol–water partition coefficient (Wildman–Crippen LogP) is 3.03. The van der Waals surface area contributed by atoms with Gasteiger partial charge in [-0.05, 0) is 18.1 Å². The number of nitrogens with zero attached hydrogens (tertiary/aromatic N) is 2. The number of rotatable bonds is 5. The monoisotopic (exact) mass is 245 g/mol. The molecule has 0 amide bonds. The Bertz CT molecular complexity index is 523. The van der Waals surface area contributed by atoms with Crippen molar-refractivity contribution in [2.75, 3.05) is 12.3 Å². The van der Waals surface area contributed by atoms with E-state index in [1.165, 1.54) is 0 Å². The lowest BCUT2D eigenvalue weighted by molar-refractivity contribution is 0.234. The number of aromatic nitrogens is 2. The van der Waals surface area contributed by atoms with E-state index < -0.39 is 0 Å². The normalized spacial score (nSPS) is 11.1. The van der Waals surface area contributed by atoms with Crippen LogP contribution in [-0.4, -0.2) is 16.6 Å². The average molecular weight is 245 g/mol. The third-order valence-corrected chi connectivity index (χ3v) is 3.17. The van der Waals surface area contributed by atoms with Gasteiger partial charge in [0.05, 0.1) is 17.6 Å². The number of anilines is 1. The SMILES string of the molecule is CCC(CC)COc1nc2ccccc2nc1N. The van der Waals surface area contributed by atoms with Crippen LogP contribution in [0.15, 0.2) is 24.3 Å². The van der Waals surface area contributed by atoms with Crippen molar-refractivity contribution in [3.05, 3.63) is 24.3 Å². The molecule has 2 aromatic rings. The molecule has 0 unspecified atom stereocenters. The molecule has 0 aliphatic rings. The average Bonchev–Trinajstić information content (AvgIpc) is 2.40. The minimum absolute atomic E-state index is 0.361. The molecule has 0 bridgehead atoms. The van der Waals surface area contributed by atoms with E-state index in [2.05, 4.69) is 23.8 Å². The number of benzene rings is 1. The second kappa shape index (κ2) is 5.67. The van der Waals surface area contributed by atoms with Gasteiger partial charge in [-0.15, -0.1) is 0 Å². The van der Waals surface area contributed by atoms with Crippen molar-refractivity contribution in [2.45, 2.75) is 26.7 Å². The van der Waals surface area contributed by atoms with Gasteiger partial charge in [-0.1, -0.05) is 38.8 Å². The van der Waals surface area contributed by atoms with Crippen LogP contribution in [0, 0.1) is 5.92 Å². The zero-order chi connectivity index (χ0) is 13.0. The summed E-state index contributed by atoms with van der Waals surface area (Å²) in [7, 11) is 0. The Labute approximate surface area is 107 Å². The molecule has 4 nitrogen and oxygen atoms in total. The highest BCUT2D eigenvalue weighted by molar-refractivity contribution is 5.76. The van der Waals surface area contributed by atoms with Crippen molar-refractivity contribution in [1.82, 2.24) is 9.97 Å². The highest BCUT2D eigenvalue weighted by atomic mass is 16.5. The van der Waals surface area contributed by atoms with E-state index in [0.717, 1.165) is 23.9 Å². The van der Waals surface area contributed by atoms with Crippen LogP contribution in [0.5, 0.6) is 5.88 Å². The quantitative estimate of drug-likeness (QED) is 0.879. The van der Waals surface area contributed by atoms with E-state index in [9.17, 15) is 0 Å². The van der Waals surface area contributed by atoms with E-state index in [0.29, 0.717) is 24.2 Å². The maximum Gasteiger partial charge on any atom is 0.257 e. The van der Waals surface area contributed by atoms with Gasteiger partial charge in [0.2, 0.25) is 0 Å². The van der Waals surface area contributed by atoms with Crippen molar-refractivity contribution in [3.63, 3.8) is 0 Å². The van der Waals surface area contributed by atoms with E-state index in [1.807, 2.05) is 24.3 Å². The molecular formula is C14H19N3O. The van der Waals surface area contributed by atoms with Crippen LogP contribution in [0.1, 0.15) is 26.7 Å². The minimum atomic E-state index is 0.361. The van der Waals surface area contributed by atoms with Crippen LogP contribution in [-0.2, 0) is 0 Å². The first kappa shape index (κ1) is 12.6. The van der Waals surface area contributed by atoms with Gasteiger partial charge < -0.3 is 10.5 Å². The van der Waals surface area contributed by atoms with Crippen molar-refractivity contribution in [2.24, 2.45) is 5.92 Å². The summed E-state index contributed by atoms with van der Waals surface area (Å²) in [5.74, 6) is 1.35. The predicted molar refractivity (Wildman–Crippen MR) is 73.5 cm³/mol. The van der Waals surface area contributed by atoms with Gasteiger partial charge in [0.25, 0.3) is 5.88 Å². The van der Waals surface area contributed by atoms with Crippen LogP contribution in [0.4, 0.5) is 5.82 Å². The molecule has 0 saturated heterocycles. The fraction of sp³-hybridized carbons (Fsp3) is 0.429. The Hall–Kier alpha value is -1.84. The highest BCUT2D eigenvalue weighted by Gasteiger charge is 2.10. The number of nitrogen functional groups attached to an aromatic ring is 1. The molecule has 0 radical (unpaired) electrons. The van der Waals surface area contributed by atoms with Crippen LogP contribution in [0.3, 0.4) is 0 Å². The van der Waals surface area contributed by atoms with E-state index in [4.69, 9.17) is 10.5 Å².